The molecule has 0 aromatic rings. The SMILES string of the molecule is O=[Si]([O-])O.[Cr+3].[O-2]. The topological polar surface area (TPSA) is 88.9 Å². The van der Waals surface area contributed by atoms with Crippen molar-refractivity contribution in [1.82, 2.24) is 0 Å². The van der Waals surface area contributed by atoms with Crippen LogP contribution in [0.3, 0.4) is 0 Å². The summed E-state index contributed by atoms with van der Waals surface area (Å²) in [6.45, 7) is 0. The standard InChI is InChI=1S/Cr.HO3Si.O/c;1-4(2)3;/h;1H;/q+3;-1;-2. The maximum absolute atomic E-state index is 8.63. The molecule has 0 aliphatic heterocycles. The molecule has 6 heteroatoms. The van der Waals surface area contributed by atoms with Crippen LogP contribution < -0.4 is 4.80 Å². The molecule has 0 saturated heterocycles. The van der Waals surface area contributed by atoms with Gasteiger partial charge < -0.3 is 19.5 Å². The molecule has 1 N–H and O–H groups in total. The Bertz CT molecular complexity index is 30.5. The summed E-state index contributed by atoms with van der Waals surface area (Å²) >= 11 is 0. The van der Waals surface area contributed by atoms with Crippen molar-refractivity contribution in [2.45, 2.75) is 0 Å². The van der Waals surface area contributed by atoms with Gasteiger partial charge in [-0.2, -0.15) is 0 Å². The zero-order valence-corrected chi connectivity index (χ0v) is 4.86. The van der Waals surface area contributed by atoms with Crippen molar-refractivity contribution in [3.63, 3.8) is 0 Å². The summed E-state index contributed by atoms with van der Waals surface area (Å²) in [7, 11) is -3.38. The summed E-state index contributed by atoms with van der Waals surface area (Å²) in [4.78, 5) is 15.7. The Hall–Kier alpha value is 0.109. The number of hydrogen-bond donors (Lipinski definition) is 1. The molecule has 0 aromatic heterocycles. The van der Waals surface area contributed by atoms with Gasteiger partial charge in [0.1, 0.15) is 0 Å². The van der Waals surface area contributed by atoms with Crippen LogP contribution in [-0.4, -0.2) is 14.0 Å². The second kappa shape index (κ2) is 8.92. The maximum Gasteiger partial charge on any atom is 3.00 e. The molecule has 35 valence electrons. The van der Waals surface area contributed by atoms with Gasteiger partial charge >= 0.3 is 26.5 Å². The Morgan fingerprint density at radius 2 is 1.67 bits per heavy atom. The fourth-order valence-electron chi connectivity index (χ4n) is 0. The predicted octanol–water partition coefficient (Wildman–Crippen LogP) is -2.37. The summed E-state index contributed by atoms with van der Waals surface area (Å²) in [6, 6.07) is 0. The van der Waals surface area contributed by atoms with Crippen molar-refractivity contribution in [2.24, 2.45) is 0 Å². The number of hydrogen-bond acceptors (Lipinski definition) is 2. The normalized spacial score (nSPS) is 4.00. The van der Waals surface area contributed by atoms with Gasteiger partial charge in [-0.05, 0) is 0 Å². The van der Waals surface area contributed by atoms with E-state index in [-0.39, 0.29) is 22.8 Å². The van der Waals surface area contributed by atoms with Crippen LogP contribution >= 0.6 is 0 Å². The second-order valence-corrected chi connectivity index (χ2v) is 0.798. The molecule has 0 aliphatic carbocycles. The summed E-state index contributed by atoms with van der Waals surface area (Å²) in [6.07, 6.45) is 0. The smallest absolute Gasteiger partial charge is 2.00 e. The van der Waals surface area contributed by atoms with Crippen molar-refractivity contribution >= 4 is 9.17 Å². The van der Waals surface area contributed by atoms with E-state index >= 15 is 0 Å². The van der Waals surface area contributed by atoms with Crippen LogP contribution in [0.5, 0.6) is 0 Å². The molecule has 0 spiro atoms. The Balaban J connectivity index is -0.0000000450. The van der Waals surface area contributed by atoms with Crippen molar-refractivity contribution < 1.29 is 36.9 Å². The maximum atomic E-state index is 8.63. The van der Waals surface area contributed by atoms with E-state index < -0.39 is 9.17 Å². The summed E-state index contributed by atoms with van der Waals surface area (Å²) in [5.41, 5.74) is 0. The van der Waals surface area contributed by atoms with Crippen molar-refractivity contribution in [1.29, 1.82) is 0 Å². The summed E-state index contributed by atoms with van der Waals surface area (Å²) < 4.78 is 8.63. The van der Waals surface area contributed by atoms with E-state index in [4.69, 9.17) is 14.1 Å². The first-order valence-electron chi connectivity index (χ1n) is 0.632. The first-order chi connectivity index (χ1) is 1.73. The third-order valence-corrected chi connectivity index (χ3v) is 0. The molecule has 0 aromatic carbocycles. The van der Waals surface area contributed by atoms with Gasteiger partial charge in [0.15, 0.2) is 0 Å². The molecule has 0 unspecified atom stereocenters. The van der Waals surface area contributed by atoms with Crippen LogP contribution in [-0.2, 0) is 27.3 Å². The van der Waals surface area contributed by atoms with E-state index in [0.29, 0.717) is 0 Å². The van der Waals surface area contributed by atoms with Gasteiger partial charge in [0.05, 0.1) is 0 Å². The molecule has 0 aliphatic rings. The van der Waals surface area contributed by atoms with Crippen LogP contribution in [0.15, 0.2) is 0 Å². The van der Waals surface area contributed by atoms with Crippen LogP contribution in [0.25, 0.3) is 0 Å². The van der Waals surface area contributed by atoms with E-state index in [9.17, 15) is 0 Å². The van der Waals surface area contributed by atoms with Gasteiger partial charge in [0.2, 0.25) is 0 Å². The van der Waals surface area contributed by atoms with E-state index in [1.54, 1.807) is 0 Å². The molecule has 0 rings (SSSR count). The van der Waals surface area contributed by atoms with Crippen LogP contribution in [0.2, 0.25) is 0 Å². The molecule has 1 radical (unpaired) electrons. The van der Waals surface area contributed by atoms with E-state index in [1.165, 1.54) is 0 Å². The molecule has 0 atom stereocenters. The van der Waals surface area contributed by atoms with E-state index in [2.05, 4.69) is 0 Å². The molecule has 6 heavy (non-hydrogen) atoms. The summed E-state index contributed by atoms with van der Waals surface area (Å²) in [5.74, 6) is 0. The first-order valence-corrected chi connectivity index (χ1v) is 1.90. The summed E-state index contributed by atoms with van der Waals surface area (Å²) in [5, 5.41) is 0. The average molecular weight is 145 g/mol. The zero-order chi connectivity index (χ0) is 3.58. The van der Waals surface area contributed by atoms with Gasteiger partial charge in [-0.1, -0.05) is 0 Å². The van der Waals surface area contributed by atoms with Crippen molar-refractivity contribution in [2.75, 3.05) is 0 Å². The number of rotatable bonds is 0. The first kappa shape index (κ1) is 16.5. The minimum atomic E-state index is -3.38. The third-order valence-electron chi connectivity index (χ3n) is 0. The van der Waals surface area contributed by atoms with Crippen LogP contribution in [0.4, 0.5) is 0 Å². The van der Waals surface area contributed by atoms with Gasteiger partial charge in [-0.15, -0.1) is 0 Å². The fourth-order valence-corrected chi connectivity index (χ4v) is 0. The molecule has 0 heterocycles. The van der Waals surface area contributed by atoms with Gasteiger partial charge in [-0.25, -0.2) is 0 Å². The minimum Gasteiger partial charge on any atom is -2.00 e. The molecular weight excluding hydrogens is 144 g/mol. The van der Waals surface area contributed by atoms with Gasteiger partial charge in [0, 0.05) is 0 Å². The monoisotopic (exact) mass is 145 g/mol. The fraction of sp³-hybridized carbons (Fsp3) is 0. The molecular formula is HCrO4Si. The predicted molar refractivity (Wildman–Crippen MR) is 9.35 cm³/mol. The molecule has 0 bridgehead atoms. The average Bonchev–Trinajstić information content (AvgIpc) is 0.811. The van der Waals surface area contributed by atoms with Crippen molar-refractivity contribution in [3.8, 4) is 0 Å². The van der Waals surface area contributed by atoms with Crippen molar-refractivity contribution in [3.05, 3.63) is 0 Å². The zero-order valence-electron chi connectivity index (χ0n) is 2.58. The molecule has 4 nitrogen and oxygen atoms in total. The van der Waals surface area contributed by atoms with Crippen LogP contribution in [0, 0.1) is 0 Å². The molecule has 0 saturated carbocycles. The third kappa shape index (κ3) is 3320. The molecule has 0 fully saturated rings. The van der Waals surface area contributed by atoms with E-state index in [0.717, 1.165) is 0 Å². The quantitative estimate of drug-likeness (QED) is 0.386. The largest absolute Gasteiger partial charge is 3.00 e. The van der Waals surface area contributed by atoms with Gasteiger partial charge in [-0.3, -0.25) is 0 Å². The molecule has 0 amide bonds. The van der Waals surface area contributed by atoms with Gasteiger partial charge in [0.25, 0.3) is 0 Å². The Morgan fingerprint density at radius 1 is 1.67 bits per heavy atom. The van der Waals surface area contributed by atoms with E-state index in [1.807, 2.05) is 0 Å². The Labute approximate surface area is 46.8 Å². The Morgan fingerprint density at radius 3 is 1.67 bits per heavy atom. The van der Waals surface area contributed by atoms with Crippen LogP contribution in [0.1, 0.15) is 0 Å². The second-order valence-electron chi connectivity index (χ2n) is 0.266. The minimum absolute atomic E-state index is 0. The Kier molecular flexibility index (Phi) is 24.5.